The van der Waals surface area contributed by atoms with Gasteiger partial charge in [0.15, 0.2) is 0 Å². The number of aromatic nitrogens is 2. The van der Waals surface area contributed by atoms with E-state index in [0.717, 1.165) is 5.56 Å². The summed E-state index contributed by atoms with van der Waals surface area (Å²) in [4.78, 5) is 28.5. The van der Waals surface area contributed by atoms with E-state index in [4.69, 9.17) is 0 Å². The van der Waals surface area contributed by atoms with Crippen molar-refractivity contribution in [2.24, 2.45) is 12.1 Å². The van der Waals surface area contributed by atoms with Crippen molar-refractivity contribution in [2.45, 2.75) is 0 Å². The van der Waals surface area contributed by atoms with Crippen LogP contribution < -0.4 is 11.0 Å². The summed E-state index contributed by atoms with van der Waals surface area (Å²) in [5.41, 5.74) is 2.59. The van der Waals surface area contributed by atoms with E-state index in [1.807, 2.05) is 0 Å². The average molecular weight is 322 g/mol. The molecular weight excluding hydrogens is 308 g/mol. The highest BCUT2D eigenvalue weighted by molar-refractivity contribution is 6.02. The molecule has 0 aliphatic carbocycles. The molecule has 0 aliphatic rings. The zero-order chi connectivity index (χ0) is 17.1. The minimum absolute atomic E-state index is 0.344. The van der Waals surface area contributed by atoms with Gasteiger partial charge in [-0.1, -0.05) is 12.1 Å². The fourth-order valence-corrected chi connectivity index (χ4v) is 2.35. The van der Waals surface area contributed by atoms with Crippen LogP contribution in [0.2, 0.25) is 0 Å². The van der Waals surface area contributed by atoms with Crippen molar-refractivity contribution in [3.8, 4) is 5.75 Å². The van der Waals surface area contributed by atoms with Gasteiger partial charge in [-0.05, 0) is 29.8 Å². The number of fused-ring (bicyclic) bond motifs is 1. The van der Waals surface area contributed by atoms with Gasteiger partial charge in [-0.25, -0.2) is 5.43 Å². The van der Waals surface area contributed by atoms with Gasteiger partial charge in [-0.15, -0.1) is 0 Å². The first kappa shape index (κ1) is 15.4. The van der Waals surface area contributed by atoms with Crippen molar-refractivity contribution in [3.05, 3.63) is 70.3 Å². The number of pyridine rings is 2. The van der Waals surface area contributed by atoms with Crippen molar-refractivity contribution < 1.29 is 9.90 Å². The smallest absolute Gasteiger partial charge is 0.280 e. The second-order valence-corrected chi connectivity index (χ2v) is 5.08. The van der Waals surface area contributed by atoms with Crippen molar-refractivity contribution in [1.82, 2.24) is 15.0 Å². The third-order valence-electron chi connectivity index (χ3n) is 3.59. The van der Waals surface area contributed by atoms with E-state index < -0.39 is 11.5 Å². The van der Waals surface area contributed by atoms with Gasteiger partial charge in [0.05, 0.1) is 11.7 Å². The van der Waals surface area contributed by atoms with Gasteiger partial charge in [-0.2, -0.15) is 5.10 Å². The minimum atomic E-state index is -0.774. The number of benzene rings is 1. The number of carbonyl (C=O) groups excluding carboxylic acids is 1. The Balaban J connectivity index is 1.96. The van der Waals surface area contributed by atoms with Crippen LogP contribution in [0.1, 0.15) is 15.9 Å². The molecular formula is C17H14N4O3. The van der Waals surface area contributed by atoms with Gasteiger partial charge in [0.1, 0.15) is 11.3 Å². The van der Waals surface area contributed by atoms with E-state index in [9.17, 15) is 14.7 Å². The average Bonchev–Trinajstić information content (AvgIpc) is 2.61. The Labute approximate surface area is 136 Å². The largest absolute Gasteiger partial charge is 0.506 e. The molecule has 0 radical (unpaired) electrons. The molecule has 0 spiro atoms. The molecule has 0 saturated carbocycles. The Kier molecular flexibility index (Phi) is 4.07. The summed E-state index contributed by atoms with van der Waals surface area (Å²) in [6.07, 6.45) is 4.60. The molecule has 0 aliphatic heterocycles. The summed E-state index contributed by atoms with van der Waals surface area (Å²) >= 11 is 0. The maximum absolute atomic E-state index is 12.4. The summed E-state index contributed by atoms with van der Waals surface area (Å²) in [7, 11) is 1.54. The van der Waals surface area contributed by atoms with Crippen molar-refractivity contribution in [3.63, 3.8) is 0 Å². The molecule has 3 rings (SSSR count). The van der Waals surface area contributed by atoms with E-state index in [0.29, 0.717) is 10.9 Å². The fraction of sp³-hybridized carbons (Fsp3) is 0.0588. The fourth-order valence-electron chi connectivity index (χ4n) is 2.35. The number of nitrogens with zero attached hydrogens (tertiary/aromatic N) is 3. The summed E-state index contributed by atoms with van der Waals surface area (Å²) < 4.78 is 1.32. The highest BCUT2D eigenvalue weighted by Crippen LogP contribution is 2.25. The standard InChI is InChI=1S/C17H14N4O3/c1-21-13-5-3-2-4-12(13)15(22)14(17(21)24)16(23)20-19-10-11-6-8-18-9-7-11/h2-10,22H,1H3,(H,20,23)/b19-10-. The lowest BCUT2D eigenvalue weighted by Gasteiger charge is -2.10. The van der Waals surface area contributed by atoms with E-state index in [2.05, 4.69) is 15.5 Å². The maximum Gasteiger partial charge on any atom is 0.280 e. The molecule has 1 aromatic carbocycles. The first-order valence-electron chi connectivity index (χ1n) is 7.13. The predicted molar refractivity (Wildman–Crippen MR) is 90.2 cm³/mol. The van der Waals surface area contributed by atoms with Crippen molar-refractivity contribution in [1.29, 1.82) is 0 Å². The number of aryl methyl sites for hydroxylation is 1. The topological polar surface area (TPSA) is 96.6 Å². The zero-order valence-electron chi connectivity index (χ0n) is 12.8. The van der Waals surface area contributed by atoms with Crippen LogP contribution in [0.5, 0.6) is 5.75 Å². The van der Waals surface area contributed by atoms with Crippen molar-refractivity contribution in [2.75, 3.05) is 0 Å². The Bertz CT molecular complexity index is 994. The summed E-state index contributed by atoms with van der Waals surface area (Å²) in [6, 6.07) is 10.2. The number of amides is 1. The van der Waals surface area contributed by atoms with Crippen LogP contribution in [0, 0.1) is 0 Å². The van der Waals surface area contributed by atoms with E-state index in [1.54, 1.807) is 55.8 Å². The number of hydrogen-bond acceptors (Lipinski definition) is 5. The lowest BCUT2D eigenvalue weighted by Crippen LogP contribution is -2.30. The molecule has 0 fully saturated rings. The van der Waals surface area contributed by atoms with Crippen LogP contribution in [-0.4, -0.2) is 26.8 Å². The SMILES string of the molecule is Cn1c(=O)c(C(=O)N/N=C\c2ccncc2)c(O)c2ccccc21. The van der Waals surface area contributed by atoms with Gasteiger partial charge < -0.3 is 9.67 Å². The second kappa shape index (κ2) is 6.33. The van der Waals surface area contributed by atoms with Crippen LogP contribution in [0.3, 0.4) is 0 Å². The van der Waals surface area contributed by atoms with Crippen LogP contribution in [0.25, 0.3) is 10.9 Å². The van der Waals surface area contributed by atoms with Crippen molar-refractivity contribution >= 4 is 23.0 Å². The number of rotatable bonds is 3. The highest BCUT2D eigenvalue weighted by Gasteiger charge is 2.20. The molecule has 1 amide bonds. The molecule has 0 unspecified atom stereocenters. The zero-order valence-corrected chi connectivity index (χ0v) is 12.8. The van der Waals surface area contributed by atoms with E-state index in [1.165, 1.54) is 10.8 Å². The molecule has 7 heteroatoms. The number of carbonyl (C=O) groups is 1. The number of nitrogens with one attached hydrogen (secondary N) is 1. The van der Waals surface area contributed by atoms with Crippen LogP contribution in [0.15, 0.2) is 58.7 Å². The van der Waals surface area contributed by atoms with Gasteiger partial charge in [0.25, 0.3) is 11.5 Å². The molecule has 120 valence electrons. The normalized spacial score (nSPS) is 11.0. The second-order valence-electron chi connectivity index (χ2n) is 5.08. The van der Waals surface area contributed by atoms with Gasteiger partial charge in [0.2, 0.25) is 0 Å². The minimum Gasteiger partial charge on any atom is -0.506 e. The molecule has 0 atom stereocenters. The van der Waals surface area contributed by atoms with Gasteiger partial charge >= 0.3 is 0 Å². The summed E-state index contributed by atoms with van der Waals surface area (Å²) in [5.74, 6) is -1.13. The molecule has 24 heavy (non-hydrogen) atoms. The maximum atomic E-state index is 12.4. The van der Waals surface area contributed by atoms with Crippen LogP contribution >= 0.6 is 0 Å². The monoisotopic (exact) mass is 322 g/mol. The summed E-state index contributed by atoms with van der Waals surface area (Å²) in [5, 5.41) is 14.5. The number of aromatic hydroxyl groups is 1. The first-order chi connectivity index (χ1) is 11.6. The Morgan fingerprint density at radius 3 is 2.71 bits per heavy atom. The van der Waals surface area contributed by atoms with Crippen LogP contribution in [-0.2, 0) is 7.05 Å². The molecule has 0 saturated heterocycles. The molecule has 7 nitrogen and oxygen atoms in total. The number of para-hydroxylation sites is 1. The number of hydrazone groups is 1. The third kappa shape index (κ3) is 2.74. The molecule has 2 aromatic heterocycles. The van der Waals surface area contributed by atoms with Gasteiger partial charge in [-0.3, -0.25) is 14.6 Å². The molecule has 2 N–H and O–H groups in total. The lowest BCUT2D eigenvalue weighted by atomic mass is 10.1. The Hall–Kier alpha value is -3.48. The predicted octanol–water partition coefficient (Wildman–Crippen LogP) is 1.40. The third-order valence-corrected chi connectivity index (χ3v) is 3.59. The number of hydrogen-bond donors (Lipinski definition) is 2. The molecule has 2 heterocycles. The van der Waals surface area contributed by atoms with E-state index in [-0.39, 0.29) is 11.3 Å². The molecule has 3 aromatic rings. The summed E-state index contributed by atoms with van der Waals surface area (Å²) in [6.45, 7) is 0. The quantitative estimate of drug-likeness (QED) is 0.563. The highest BCUT2D eigenvalue weighted by atomic mass is 16.3. The van der Waals surface area contributed by atoms with Crippen LogP contribution in [0.4, 0.5) is 0 Å². The Morgan fingerprint density at radius 2 is 1.96 bits per heavy atom. The Morgan fingerprint density at radius 1 is 1.25 bits per heavy atom. The van der Waals surface area contributed by atoms with Gasteiger partial charge in [0, 0.05) is 24.8 Å². The first-order valence-corrected chi connectivity index (χ1v) is 7.13. The van der Waals surface area contributed by atoms with E-state index >= 15 is 0 Å². The molecule has 0 bridgehead atoms. The lowest BCUT2D eigenvalue weighted by molar-refractivity contribution is 0.0950.